The van der Waals surface area contributed by atoms with Crippen molar-refractivity contribution in [1.29, 1.82) is 0 Å². The molecule has 0 spiro atoms. The Morgan fingerprint density at radius 1 is 1.11 bits per heavy atom. The number of hydrogen-bond donors (Lipinski definition) is 3. The summed E-state index contributed by atoms with van der Waals surface area (Å²) < 4.78 is 4.71. The van der Waals surface area contributed by atoms with Crippen LogP contribution in [0.1, 0.15) is 13.8 Å². The smallest absolute Gasteiger partial charge is 0.336 e. The zero-order chi connectivity index (χ0) is 13.5. The van der Waals surface area contributed by atoms with E-state index in [-0.39, 0.29) is 11.3 Å². The van der Waals surface area contributed by atoms with Crippen molar-refractivity contribution in [3.63, 3.8) is 0 Å². The fourth-order valence-electron chi connectivity index (χ4n) is 1.36. The minimum absolute atomic E-state index is 0.00694. The molecule has 1 heterocycles. The number of hydrogen-bond acceptors (Lipinski definition) is 5. The lowest BCUT2D eigenvalue weighted by Gasteiger charge is -1.99. The van der Waals surface area contributed by atoms with Gasteiger partial charge in [-0.3, -0.25) is 0 Å². The fourth-order valence-corrected chi connectivity index (χ4v) is 1.36. The van der Waals surface area contributed by atoms with Gasteiger partial charge in [-0.05, 0) is 31.3 Å². The first kappa shape index (κ1) is 14.1. The minimum Gasteiger partial charge on any atom is -0.504 e. The summed E-state index contributed by atoms with van der Waals surface area (Å²) >= 11 is 0. The van der Waals surface area contributed by atoms with Crippen molar-refractivity contribution >= 4 is 11.0 Å². The Labute approximate surface area is 105 Å². The van der Waals surface area contributed by atoms with Crippen molar-refractivity contribution in [2.24, 2.45) is 0 Å². The molecule has 18 heavy (non-hydrogen) atoms. The topological polar surface area (TPSA) is 82.7 Å². The lowest BCUT2D eigenvalue weighted by Crippen LogP contribution is -2.09. The van der Waals surface area contributed by atoms with E-state index in [2.05, 4.69) is 19.2 Å². The number of nitrogens with one attached hydrogen (secondary N) is 1. The molecular formula is C13H17NO4. The number of rotatable bonds is 2. The highest BCUT2D eigenvalue weighted by Crippen LogP contribution is 2.31. The SMILES string of the molecule is CCNCC.O=c1ccc2ccc(O)c(O)c2o1. The van der Waals surface area contributed by atoms with Crippen LogP contribution >= 0.6 is 0 Å². The largest absolute Gasteiger partial charge is 0.504 e. The average Bonchev–Trinajstić information content (AvgIpc) is 2.36. The van der Waals surface area contributed by atoms with Crippen LogP contribution in [-0.4, -0.2) is 23.3 Å². The molecule has 0 aliphatic rings. The van der Waals surface area contributed by atoms with Crippen LogP contribution in [0.5, 0.6) is 11.5 Å². The summed E-state index contributed by atoms with van der Waals surface area (Å²) in [5.74, 6) is -0.711. The second-order valence-corrected chi connectivity index (χ2v) is 3.56. The quantitative estimate of drug-likeness (QED) is 0.560. The molecule has 0 unspecified atom stereocenters. The van der Waals surface area contributed by atoms with Crippen molar-refractivity contribution < 1.29 is 14.6 Å². The standard InChI is InChI=1S/C9H6O4.C4H11N/c10-6-3-1-5-2-4-7(11)13-9(5)8(6)12;1-3-5-4-2/h1-4,10,12H;5H,3-4H2,1-2H3. The maximum atomic E-state index is 10.8. The molecule has 2 aromatic rings. The Morgan fingerprint density at radius 2 is 1.72 bits per heavy atom. The summed E-state index contributed by atoms with van der Waals surface area (Å²) in [5.41, 5.74) is -0.555. The van der Waals surface area contributed by atoms with Gasteiger partial charge in [0.15, 0.2) is 11.3 Å². The molecule has 98 valence electrons. The van der Waals surface area contributed by atoms with Gasteiger partial charge in [-0.1, -0.05) is 13.8 Å². The molecule has 0 radical (unpaired) electrons. The minimum atomic E-state index is -0.562. The van der Waals surface area contributed by atoms with E-state index in [1.807, 2.05) is 0 Å². The molecule has 3 N–H and O–H groups in total. The van der Waals surface area contributed by atoms with Crippen LogP contribution in [0.4, 0.5) is 0 Å². The maximum Gasteiger partial charge on any atom is 0.336 e. The van der Waals surface area contributed by atoms with Crippen molar-refractivity contribution in [1.82, 2.24) is 5.32 Å². The Morgan fingerprint density at radius 3 is 2.28 bits per heavy atom. The molecule has 0 aliphatic carbocycles. The molecule has 0 saturated carbocycles. The van der Waals surface area contributed by atoms with Crippen LogP contribution in [0.3, 0.4) is 0 Å². The van der Waals surface area contributed by atoms with E-state index < -0.39 is 11.4 Å². The van der Waals surface area contributed by atoms with Gasteiger partial charge >= 0.3 is 5.63 Å². The van der Waals surface area contributed by atoms with Crippen molar-refractivity contribution in [3.8, 4) is 11.5 Å². The maximum absolute atomic E-state index is 10.8. The van der Waals surface area contributed by atoms with E-state index in [1.54, 1.807) is 6.07 Å². The predicted molar refractivity (Wildman–Crippen MR) is 70.0 cm³/mol. The van der Waals surface area contributed by atoms with Crippen LogP contribution in [-0.2, 0) is 0 Å². The van der Waals surface area contributed by atoms with Crippen LogP contribution in [0.2, 0.25) is 0 Å². The van der Waals surface area contributed by atoms with Gasteiger partial charge in [-0.15, -0.1) is 0 Å². The summed E-state index contributed by atoms with van der Waals surface area (Å²) in [6.07, 6.45) is 0. The molecule has 1 aromatic heterocycles. The molecule has 0 atom stereocenters. The predicted octanol–water partition coefficient (Wildman–Crippen LogP) is 1.82. The number of aromatic hydroxyl groups is 2. The van der Waals surface area contributed by atoms with Gasteiger partial charge in [0.1, 0.15) is 0 Å². The number of phenolic OH excluding ortho intramolecular Hbond substituents is 2. The summed E-state index contributed by atoms with van der Waals surface area (Å²) in [7, 11) is 0. The molecule has 0 saturated heterocycles. The van der Waals surface area contributed by atoms with E-state index >= 15 is 0 Å². The molecule has 1 aromatic carbocycles. The van der Waals surface area contributed by atoms with Gasteiger partial charge < -0.3 is 19.9 Å². The zero-order valence-corrected chi connectivity index (χ0v) is 10.4. The van der Waals surface area contributed by atoms with Gasteiger partial charge in [0, 0.05) is 11.5 Å². The van der Waals surface area contributed by atoms with Crippen LogP contribution in [0, 0.1) is 0 Å². The van der Waals surface area contributed by atoms with Crippen LogP contribution in [0.25, 0.3) is 11.0 Å². The van der Waals surface area contributed by atoms with Gasteiger partial charge in [0.25, 0.3) is 0 Å². The Bertz CT molecular complexity index is 560. The third-order valence-corrected chi connectivity index (χ3v) is 2.24. The third kappa shape index (κ3) is 3.49. The number of fused-ring (bicyclic) bond motifs is 1. The lowest BCUT2D eigenvalue weighted by molar-refractivity contribution is 0.397. The molecule has 2 rings (SSSR count). The van der Waals surface area contributed by atoms with E-state index in [4.69, 9.17) is 9.52 Å². The first-order valence-corrected chi connectivity index (χ1v) is 5.75. The van der Waals surface area contributed by atoms with E-state index in [0.717, 1.165) is 13.1 Å². The first-order chi connectivity index (χ1) is 8.60. The molecule has 0 amide bonds. The zero-order valence-electron chi connectivity index (χ0n) is 10.4. The number of phenols is 2. The Kier molecular flexibility index (Phi) is 5.20. The van der Waals surface area contributed by atoms with Gasteiger partial charge in [-0.2, -0.15) is 0 Å². The molecule has 0 fully saturated rings. The highest BCUT2D eigenvalue weighted by Gasteiger charge is 2.07. The van der Waals surface area contributed by atoms with Crippen molar-refractivity contribution in [2.45, 2.75) is 13.8 Å². The first-order valence-electron chi connectivity index (χ1n) is 5.75. The van der Waals surface area contributed by atoms with Crippen molar-refractivity contribution in [2.75, 3.05) is 13.1 Å². The third-order valence-electron chi connectivity index (χ3n) is 2.24. The Hall–Kier alpha value is -2.01. The summed E-state index contributed by atoms with van der Waals surface area (Å²) in [5, 5.41) is 22.1. The molecule has 5 nitrogen and oxygen atoms in total. The normalized spacial score (nSPS) is 9.89. The molecule has 0 aliphatic heterocycles. The van der Waals surface area contributed by atoms with E-state index in [9.17, 15) is 9.90 Å². The van der Waals surface area contributed by atoms with Crippen LogP contribution in [0.15, 0.2) is 33.5 Å². The van der Waals surface area contributed by atoms with Gasteiger partial charge in [0.2, 0.25) is 5.75 Å². The lowest BCUT2D eigenvalue weighted by atomic mass is 10.2. The second-order valence-electron chi connectivity index (χ2n) is 3.56. The average molecular weight is 251 g/mol. The fraction of sp³-hybridized carbons (Fsp3) is 0.308. The van der Waals surface area contributed by atoms with Crippen molar-refractivity contribution in [3.05, 3.63) is 34.7 Å². The highest BCUT2D eigenvalue weighted by atomic mass is 16.4. The number of benzene rings is 1. The van der Waals surface area contributed by atoms with Gasteiger partial charge in [0.05, 0.1) is 0 Å². The van der Waals surface area contributed by atoms with E-state index in [0.29, 0.717) is 5.39 Å². The highest BCUT2D eigenvalue weighted by molar-refractivity contribution is 5.84. The molecule has 0 bridgehead atoms. The molecular weight excluding hydrogens is 234 g/mol. The Balaban J connectivity index is 0.000000280. The molecule has 5 heteroatoms. The summed E-state index contributed by atoms with van der Waals surface area (Å²) in [4.78, 5) is 10.8. The van der Waals surface area contributed by atoms with E-state index in [1.165, 1.54) is 18.2 Å². The van der Waals surface area contributed by atoms with Crippen LogP contribution < -0.4 is 10.9 Å². The van der Waals surface area contributed by atoms with Gasteiger partial charge in [-0.25, -0.2) is 4.79 Å². The second kappa shape index (κ2) is 6.66. The summed E-state index contributed by atoms with van der Waals surface area (Å²) in [6.45, 7) is 6.39. The summed E-state index contributed by atoms with van der Waals surface area (Å²) in [6, 6.07) is 5.64. The monoisotopic (exact) mass is 251 g/mol.